The van der Waals surface area contributed by atoms with Crippen LogP contribution in [-0.4, -0.2) is 6.54 Å². The molecule has 2 nitrogen and oxygen atoms in total. The number of hydrogen-bond acceptors (Lipinski definition) is 2. The fourth-order valence-electron chi connectivity index (χ4n) is 3.31. The Hall–Kier alpha value is -0.990. The highest BCUT2D eigenvalue weighted by Gasteiger charge is 2.21. The van der Waals surface area contributed by atoms with Crippen molar-refractivity contribution in [2.75, 3.05) is 6.54 Å². The molecule has 1 aromatic carbocycles. The van der Waals surface area contributed by atoms with Crippen LogP contribution in [-0.2, 0) is 6.54 Å². The molecule has 0 amide bonds. The van der Waals surface area contributed by atoms with Gasteiger partial charge in [0.05, 0.1) is 0 Å². The second-order valence-corrected chi connectivity index (χ2v) is 6.35. The third kappa shape index (κ3) is 2.87. The molecule has 0 bridgehead atoms. The van der Waals surface area contributed by atoms with E-state index in [0.29, 0.717) is 5.22 Å². The summed E-state index contributed by atoms with van der Waals surface area (Å²) < 4.78 is 5.59. The van der Waals surface area contributed by atoms with Gasteiger partial charge in [-0.05, 0) is 42.5 Å². The summed E-state index contributed by atoms with van der Waals surface area (Å²) in [5.74, 6) is 1.65. The van der Waals surface area contributed by atoms with Gasteiger partial charge in [0.15, 0.2) is 5.22 Å². The maximum atomic E-state index is 6.21. The summed E-state index contributed by atoms with van der Waals surface area (Å²) in [4.78, 5) is 0. The molecule has 1 aliphatic rings. The molecule has 0 saturated heterocycles. The van der Waals surface area contributed by atoms with E-state index in [4.69, 9.17) is 16.0 Å². The van der Waals surface area contributed by atoms with Crippen LogP contribution in [0.1, 0.15) is 38.2 Å². The highest BCUT2D eigenvalue weighted by atomic mass is 35.5. The molecular formula is C17H22ClNO. The van der Waals surface area contributed by atoms with Crippen LogP contribution in [0.5, 0.6) is 0 Å². The lowest BCUT2D eigenvalue weighted by Gasteiger charge is -2.28. The first-order chi connectivity index (χ1) is 9.75. The van der Waals surface area contributed by atoms with Crippen molar-refractivity contribution in [2.45, 2.75) is 39.2 Å². The number of nitrogens with one attached hydrogen (secondary N) is 1. The Morgan fingerprint density at radius 2 is 2.05 bits per heavy atom. The van der Waals surface area contributed by atoms with Gasteiger partial charge in [-0.15, -0.1) is 0 Å². The highest BCUT2D eigenvalue weighted by Crippen LogP contribution is 2.31. The molecule has 108 valence electrons. The Bertz CT molecular complexity index is 577. The van der Waals surface area contributed by atoms with E-state index in [1.165, 1.54) is 25.7 Å². The first kappa shape index (κ1) is 14.0. The van der Waals surface area contributed by atoms with Gasteiger partial charge < -0.3 is 9.73 Å². The molecule has 20 heavy (non-hydrogen) atoms. The van der Waals surface area contributed by atoms with Crippen LogP contribution in [0, 0.1) is 11.8 Å². The number of furan rings is 1. The van der Waals surface area contributed by atoms with Crippen LogP contribution in [0.25, 0.3) is 11.0 Å². The summed E-state index contributed by atoms with van der Waals surface area (Å²) in [6.45, 7) is 4.25. The molecule has 1 heterocycles. The third-order valence-corrected chi connectivity index (χ3v) is 4.95. The van der Waals surface area contributed by atoms with Crippen LogP contribution in [0.4, 0.5) is 0 Å². The second kappa shape index (κ2) is 6.19. The molecule has 3 heteroatoms. The monoisotopic (exact) mass is 291 g/mol. The van der Waals surface area contributed by atoms with Gasteiger partial charge in [-0.25, -0.2) is 0 Å². The summed E-state index contributed by atoms with van der Waals surface area (Å²) in [6, 6.07) is 8.04. The van der Waals surface area contributed by atoms with E-state index < -0.39 is 0 Å². The summed E-state index contributed by atoms with van der Waals surface area (Å²) in [5, 5.41) is 5.23. The van der Waals surface area contributed by atoms with Crippen LogP contribution in [0.2, 0.25) is 5.22 Å². The Morgan fingerprint density at radius 3 is 2.90 bits per heavy atom. The standard InChI is InChI=1S/C17H22ClNO/c1-12-6-2-3-7-13(12)10-19-11-15-14-8-4-5-9-16(14)20-17(15)18/h4-5,8-9,12-13,19H,2-3,6-7,10-11H2,1H3. The van der Waals surface area contributed by atoms with Crippen molar-refractivity contribution in [1.82, 2.24) is 5.32 Å². The number of hydrogen-bond donors (Lipinski definition) is 1. The van der Waals surface area contributed by atoms with E-state index in [-0.39, 0.29) is 0 Å². The molecule has 3 rings (SSSR count). The van der Waals surface area contributed by atoms with Gasteiger partial charge in [-0.3, -0.25) is 0 Å². The quantitative estimate of drug-likeness (QED) is 0.857. The Kier molecular flexibility index (Phi) is 4.32. The van der Waals surface area contributed by atoms with Gasteiger partial charge in [0.1, 0.15) is 5.58 Å². The number of benzene rings is 1. The topological polar surface area (TPSA) is 25.2 Å². The minimum Gasteiger partial charge on any atom is -0.444 e. The molecular weight excluding hydrogens is 270 g/mol. The van der Waals surface area contributed by atoms with Gasteiger partial charge in [-0.1, -0.05) is 44.4 Å². The normalized spacial score (nSPS) is 23.3. The smallest absolute Gasteiger partial charge is 0.199 e. The molecule has 0 aliphatic heterocycles. The third-order valence-electron chi connectivity index (χ3n) is 4.65. The van der Waals surface area contributed by atoms with E-state index in [1.54, 1.807) is 0 Å². The fraction of sp³-hybridized carbons (Fsp3) is 0.529. The Balaban J connectivity index is 1.63. The average Bonchev–Trinajstić information content (AvgIpc) is 2.77. The Labute approximate surface area is 125 Å². The van der Waals surface area contributed by atoms with Gasteiger partial charge in [-0.2, -0.15) is 0 Å². The lowest BCUT2D eigenvalue weighted by Crippen LogP contribution is -2.29. The molecule has 1 saturated carbocycles. The summed E-state index contributed by atoms with van der Waals surface area (Å²) in [7, 11) is 0. The minimum absolute atomic E-state index is 0.524. The van der Waals surface area contributed by atoms with Crippen molar-refractivity contribution in [3.63, 3.8) is 0 Å². The van der Waals surface area contributed by atoms with Crippen molar-refractivity contribution >= 4 is 22.6 Å². The van der Waals surface area contributed by atoms with E-state index >= 15 is 0 Å². The zero-order chi connectivity index (χ0) is 13.9. The zero-order valence-electron chi connectivity index (χ0n) is 12.0. The molecule has 2 aromatic rings. The van der Waals surface area contributed by atoms with Crippen LogP contribution in [0.3, 0.4) is 0 Å². The van der Waals surface area contributed by atoms with E-state index in [2.05, 4.69) is 18.3 Å². The van der Waals surface area contributed by atoms with Gasteiger partial charge >= 0.3 is 0 Å². The van der Waals surface area contributed by atoms with Crippen molar-refractivity contribution < 1.29 is 4.42 Å². The predicted molar refractivity (Wildman–Crippen MR) is 84.1 cm³/mol. The summed E-state index contributed by atoms with van der Waals surface area (Å²) in [6.07, 6.45) is 5.51. The molecule has 2 atom stereocenters. The van der Waals surface area contributed by atoms with E-state index in [1.807, 2.05) is 18.2 Å². The molecule has 2 unspecified atom stereocenters. The largest absolute Gasteiger partial charge is 0.444 e. The first-order valence-electron chi connectivity index (χ1n) is 7.62. The lowest BCUT2D eigenvalue weighted by atomic mass is 9.80. The lowest BCUT2D eigenvalue weighted by molar-refractivity contribution is 0.247. The summed E-state index contributed by atoms with van der Waals surface area (Å²) >= 11 is 6.21. The fourth-order valence-corrected chi connectivity index (χ4v) is 3.56. The maximum Gasteiger partial charge on any atom is 0.199 e. The van der Waals surface area contributed by atoms with Crippen LogP contribution < -0.4 is 5.32 Å². The van der Waals surface area contributed by atoms with Crippen molar-refractivity contribution in [2.24, 2.45) is 11.8 Å². The second-order valence-electron chi connectivity index (χ2n) is 6.00. The number of rotatable bonds is 4. The van der Waals surface area contributed by atoms with Gasteiger partial charge in [0, 0.05) is 17.5 Å². The van der Waals surface area contributed by atoms with Crippen LogP contribution >= 0.6 is 11.6 Å². The summed E-state index contributed by atoms with van der Waals surface area (Å²) in [5.41, 5.74) is 1.96. The molecule has 1 N–H and O–H groups in total. The maximum absolute atomic E-state index is 6.21. The number of fused-ring (bicyclic) bond motifs is 1. The Morgan fingerprint density at radius 1 is 1.25 bits per heavy atom. The molecule has 1 aromatic heterocycles. The van der Waals surface area contributed by atoms with Crippen molar-refractivity contribution in [1.29, 1.82) is 0 Å². The highest BCUT2D eigenvalue weighted by molar-refractivity contribution is 6.30. The average molecular weight is 292 g/mol. The molecule has 1 fully saturated rings. The van der Waals surface area contributed by atoms with Gasteiger partial charge in [0.25, 0.3) is 0 Å². The number of para-hydroxylation sites is 1. The zero-order valence-corrected chi connectivity index (χ0v) is 12.7. The SMILES string of the molecule is CC1CCCCC1CNCc1c(Cl)oc2ccccc12. The van der Waals surface area contributed by atoms with Gasteiger partial charge in [0.2, 0.25) is 0 Å². The van der Waals surface area contributed by atoms with Crippen molar-refractivity contribution in [3.8, 4) is 0 Å². The molecule has 0 radical (unpaired) electrons. The first-order valence-corrected chi connectivity index (χ1v) is 8.00. The molecule has 0 spiro atoms. The molecule has 1 aliphatic carbocycles. The predicted octanol–water partition coefficient (Wildman–Crippen LogP) is 5.00. The van der Waals surface area contributed by atoms with E-state index in [9.17, 15) is 0 Å². The van der Waals surface area contributed by atoms with E-state index in [0.717, 1.165) is 41.5 Å². The van der Waals surface area contributed by atoms with Crippen molar-refractivity contribution in [3.05, 3.63) is 35.0 Å². The minimum atomic E-state index is 0.524. The van der Waals surface area contributed by atoms with Crippen LogP contribution in [0.15, 0.2) is 28.7 Å². The number of halogens is 1.